The third kappa shape index (κ3) is 8.04. The summed E-state index contributed by atoms with van der Waals surface area (Å²) >= 11 is 5.94. The number of carbonyl (C=O) groups excluding carboxylic acids is 1. The van der Waals surface area contributed by atoms with Gasteiger partial charge in [0.15, 0.2) is 18.1 Å². The second-order valence-electron chi connectivity index (χ2n) is 8.33. The Balaban J connectivity index is 1.57. The Morgan fingerprint density at radius 3 is 2.46 bits per heavy atom. The molecular formula is C28H31ClN2O4. The Morgan fingerprint density at radius 2 is 1.74 bits per heavy atom. The van der Waals surface area contributed by atoms with Gasteiger partial charge in [0.1, 0.15) is 12.4 Å². The van der Waals surface area contributed by atoms with Crippen molar-refractivity contribution in [3.8, 4) is 17.2 Å². The van der Waals surface area contributed by atoms with Gasteiger partial charge in [-0.1, -0.05) is 49.7 Å². The molecule has 0 aliphatic carbocycles. The highest BCUT2D eigenvalue weighted by atomic mass is 35.5. The first-order chi connectivity index (χ1) is 16.9. The number of hydrazone groups is 1. The van der Waals surface area contributed by atoms with Crippen LogP contribution in [-0.4, -0.2) is 25.3 Å². The average Bonchev–Trinajstić information content (AvgIpc) is 2.83. The SMILES string of the molecule is CCOc1cc(/C=N\NC(=O)COc2cc(C)ccc2C(C)C)ccc1OCc1ccc(Cl)cc1. The van der Waals surface area contributed by atoms with Crippen LogP contribution in [0.25, 0.3) is 0 Å². The molecule has 0 saturated heterocycles. The molecule has 1 amide bonds. The molecule has 0 bridgehead atoms. The predicted octanol–water partition coefficient (Wildman–Crippen LogP) is 6.28. The lowest BCUT2D eigenvalue weighted by atomic mass is 10.0. The smallest absolute Gasteiger partial charge is 0.277 e. The molecule has 0 unspecified atom stereocenters. The summed E-state index contributed by atoms with van der Waals surface area (Å²) in [6.07, 6.45) is 1.55. The van der Waals surface area contributed by atoms with Gasteiger partial charge in [-0.05, 0) is 78.4 Å². The van der Waals surface area contributed by atoms with E-state index in [9.17, 15) is 4.79 Å². The number of rotatable bonds is 11. The van der Waals surface area contributed by atoms with Gasteiger partial charge >= 0.3 is 0 Å². The number of nitrogens with zero attached hydrogens (tertiary/aromatic N) is 1. The minimum Gasteiger partial charge on any atom is -0.490 e. The molecule has 0 spiro atoms. The van der Waals surface area contributed by atoms with Crippen LogP contribution in [0.3, 0.4) is 0 Å². The first-order valence-electron chi connectivity index (χ1n) is 11.5. The van der Waals surface area contributed by atoms with Crippen molar-refractivity contribution < 1.29 is 19.0 Å². The van der Waals surface area contributed by atoms with E-state index in [1.807, 2.05) is 74.5 Å². The van der Waals surface area contributed by atoms with Crippen LogP contribution >= 0.6 is 11.6 Å². The molecule has 3 aromatic rings. The number of amides is 1. The second kappa shape index (κ2) is 12.8. The zero-order valence-electron chi connectivity index (χ0n) is 20.5. The Kier molecular flexibility index (Phi) is 9.56. The molecule has 184 valence electrons. The third-order valence-electron chi connectivity index (χ3n) is 5.13. The molecule has 0 aliphatic rings. The number of aryl methyl sites for hydroxylation is 1. The standard InChI is InChI=1S/C28H31ClN2O4/c1-5-33-27-15-22(9-13-25(27)34-17-21-7-10-23(29)11-8-21)16-30-31-28(32)18-35-26-14-20(4)6-12-24(26)19(2)3/h6-16,19H,5,17-18H2,1-4H3,(H,31,32)/b30-16-. The molecule has 0 radical (unpaired) electrons. The van der Waals surface area contributed by atoms with Crippen LogP contribution in [0, 0.1) is 6.92 Å². The van der Waals surface area contributed by atoms with Gasteiger partial charge in [0.25, 0.3) is 5.91 Å². The van der Waals surface area contributed by atoms with E-state index in [-0.39, 0.29) is 12.5 Å². The summed E-state index contributed by atoms with van der Waals surface area (Å²) < 4.78 is 17.4. The van der Waals surface area contributed by atoms with Gasteiger partial charge in [0.2, 0.25) is 0 Å². The molecule has 0 heterocycles. The molecule has 3 aromatic carbocycles. The summed E-state index contributed by atoms with van der Waals surface area (Å²) in [6, 6.07) is 19.0. The van der Waals surface area contributed by atoms with E-state index in [4.69, 9.17) is 25.8 Å². The van der Waals surface area contributed by atoms with Gasteiger partial charge in [-0.15, -0.1) is 0 Å². The quantitative estimate of drug-likeness (QED) is 0.251. The first-order valence-corrected chi connectivity index (χ1v) is 11.9. The van der Waals surface area contributed by atoms with E-state index in [0.717, 1.165) is 28.0 Å². The van der Waals surface area contributed by atoms with E-state index < -0.39 is 0 Å². The molecule has 0 aliphatic heterocycles. The lowest BCUT2D eigenvalue weighted by Crippen LogP contribution is -2.25. The van der Waals surface area contributed by atoms with E-state index in [1.165, 1.54) is 0 Å². The Labute approximate surface area is 211 Å². The topological polar surface area (TPSA) is 69.2 Å². The van der Waals surface area contributed by atoms with Crippen molar-refractivity contribution in [3.63, 3.8) is 0 Å². The van der Waals surface area contributed by atoms with E-state index in [0.29, 0.717) is 35.7 Å². The maximum atomic E-state index is 12.2. The van der Waals surface area contributed by atoms with Gasteiger partial charge in [0, 0.05) is 5.02 Å². The van der Waals surface area contributed by atoms with E-state index >= 15 is 0 Å². The largest absolute Gasteiger partial charge is 0.490 e. The van der Waals surface area contributed by atoms with Gasteiger partial charge in [-0.3, -0.25) is 4.79 Å². The van der Waals surface area contributed by atoms with Crippen LogP contribution in [-0.2, 0) is 11.4 Å². The molecule has 0 saturated carbocycles. The summed E-state index contributed by atoms with van der Waals surface area (Å²) in [6.45, 7) is 8.83. The summed E-state index contributed by atoms with van der Waals surface area (Å²) in [5.41, 5.74) is 6.40. The number of hydrogen-bond acceptors (Lipinski definition) is 5. The van der Waals surface area contributed by atoms with Gasteiger partial charge in [-0.2, -0.15) is 5.10 Å². The van der Waals surface area contributed by atoms with Crippen LogP contribution in [0.5, 0.6) is 17.2 Å². The maximum absolute atomic E-state index is 12.2. The zero-order chi connectivity index (χ0) is 25.2. The summed E-state index contributed by atoms with van der Waals surface area (Å²) in [5.74, 6) is 1.89. The van der Waals surface area contributed by atoms with Crippen molar-refractivity contribution >= 4 is 23.7 Å². The molecular weight excluding hydrogens is 464 g/mol. The van der Waals surface area contributed by atoms with E-state index in [2.05, 4.69) is 24.4 Å². The van der Waals surface area contributed by atoms with Crippen LogP contribution < -0.4 is 19.6 Å². The summed E-state index contributed by atoms with van der Waals surface area (Å²) in [4.78, 5) is 12.2. The molecule has 7 heteroatoms. The monoisotopic (exact) mass is 494 g/mol. The fraction of sp³-hybridized carbons (Fsp3) is 0.286. The first kappa shape index (κ1) is 26.1. The van der Waals surface area contributed by atoms with Crippen molar-refractivity contribution in [2.45, 2.75) is 40.2 Å². The van der Waals surface area contributed by atoms with E-state index in [1.54, 1.807) is 6.21 Å². The lowest BCUT2D eigenvalue weighted by Gasteiger charge is -2.14. The van der Waals surface area contributed by atoms with Crippen molar-refractivity contribution in [1.82, 2.24) is 5.43 Å². The minimum absolute atomic E-state index is 0.123. The molecule has 6 nitrogen and oxygen atoms in total. The highest BCUT2D eigenvalue weighted by Crippen LogP contribution is 2.29. The average molecular weight is 495 g/mol. The number of halogens is 1. The van der Waals surface area contributed by atoms with Gasteiger partial charge in [-0.25, -0.2) is 5.43 Å². The fourth-order valence-corrected chi connectivity index (χ4v) is 3.46. The van der Waals surface area contributed by atoms with Crippen molar-refractivity contribution in [2.75, 3.05) is 13.2 Å². The number of carbonyl (C=O) groups is 1. The number of ether oxygens (including phenoxy) is 3. The number of hydrogen-bond donors (Lipinski definition) is 1. The third-order valence-corrected chi connectivity index (χ3v) is 5.38. The Morgan fingerprint density at radius 1 is 0.971 bits per heavy atom. The van der Waals surface area contributed by atoms with Crippen LogP contribution in [0.1, 0.15) is 48.9 Å². The molecule has 0 fully saturated rings. The summed E-state index contributed by atoms with van der Waals surface area (Å²) in [5, 5.41) is 4.73. The van der Waals surface area contributed by atoms with Crippen LogP contribution in [0.15, 0.2) is 65.8 Å². The van der Waals surface area contributed by atoms with Gasteiger partial charge < -0.3 is 14.2 Å². The van der Waals surface area contributed by atoms with Gasteiger partial charge in [0.05, 0.1) is 12.8 Å². The fourth-order valence-electron chi connectivity index (χ4n) is 3.33. The molecule has 35 heavy (non-hydrogen) atoms. The van der Waals surface area contributed by atoms with Crippen molar-refractivity contribution in [3.05, 3.63) is 87.9 Å². The summed E-state index contributed by atoms with van der Waals surface area (Å²) in [7, 11) is 0. The normalized spacial score (nSPS) is 11.0. The van der Waals surface area contributed by atoms with Crippen molar-refractivity contribution in [1.29, 1.82) is 0 Å². The molecule has 3 rings (SSSR count). The molecule has 0 atom stereocenters. The zero-order valence-corrected chi connectivity index (χ0v) is 21.3. The van der Waals surface area contributed by atoms with Crippen LogP contribution in [0.4, 0.5) is 0 Å². The van der Waals surface area contributed by atoms with Crippen LogP contribution in [0.2, 0.25) is 5.02 Å². The Hall–Kier alpha value is -3.51. The Bertz CT molecular complexity index is 1160. The maximum Gasteiger partial charge on any atom is 0.277 e. The van der Waals surface area contributed by atoms with Crippen molar-refractivity contribution in [2.24, 2.45) is 5.10 Å². The predicted molar refractivity (Wildman–Crippen MR) is 140 cm³/mol. The highest BCUT2D eigenvalue weighted by molar-refractivity contribution is 6.30. The second-order valence-corrected chi connectivity index (χ2v) is 8.77. The molecule has 0 aromatic heterocycles. The number of benzene rings is 3. The number of nitrogens with one attached hydrogen (secondary N) is 1. The minimum atomic E-state index is -0.342. The highest BCUT2D eigenvalue weighted by Gasteiger charge is 2.10. The lowest BCUT2D eigenvalue weighted by molar-refractivity contribution is -0.123. The molecule has 1 N–H and O–H groups in total.